The molecule has 1 N–H and O–H groups in total. The van der Waals surface area contributed by atoms with E-state index < -0.39 is 62.4 Å². The zero-order chi connectivity index (χ0) is 24.5. The summed E-state index contributed by atoms with van der Waals surface area (Å²) in [6, 6.07) is 3.84. The Morgan fingerprint density at radius 1 is 1.21 bits per heavy atom. The molecule has 0 bridgehead atoms. The van der Waals surface area contributed by atoms with Crippen LogP contribution in [0, 0.1) is 17.5 Å². The lowest BCUT2D eigenvalue weighted by molar-refractivity contribution is -0.117. The second kappa shape index (κ2) is 9.56. The minimum Gasteiger partial charge on any atom is -0.346 e. The van der Waals surface area contributed by atoms with Crippen molar-refractivity contribution >= 4 is 38.9 Å². The highest BCUT2D eigenvalue weighted by molar-refractivity contribution is 7.93. The molecule has 0 radical (unpaired) electrons. The number of rotatable bonds is 6. The van der Waals surface area contributed by atoms with Crippen molar-refractivity contribution in [3.8, 4) is 0 Å². The summed E-state index contributed by atoms with van der Waals surface area (Å²) in [7, 11) is -3.43. The molecule has 33 heavy (non-hydrogen) atoms. The van der Waals surface area contributed by atoms with Gasteiger partial charge in [-0.05, 0) is 31.0 Å². The van der Waals surface area contributed by atoms with Crippen molar-refractivity contribution in [2.24, 2.45) is 0 Å². The van der Waals surface area contributed by atoms with Gasteiger partial charge < -0.3 is 10.2 Å². The van der Waals surface area contributed by atoms with Crippen LogP contribution in [0.1, 0.15) is 41.7 Å². The molecule has 0 saturated carbocycles. The molecule has 1 saturated heterocycles. The molecule has 6 nitrogen and oxygen atoms in total. The molecule has 0 aliphatic carbocycles. The quantitative estimate of drug-likeness (QED) is 0.641. The highest BCUT2D eigenvalue weighted by Gasteiger charge is 2.37. The van der Waals surface area contributed by atoms with Gasteiger partial charge in [0.15, 0.2) is 9.84 Å². The fourth-order valence-corrected chi connectivity index (χ4v) is 4.32. The van der Waals surface area contributed by atoms with Crippen molar-refractivity contribution < 1.29 is 31.2 Å². The molecule has 2 atom stereocenters. The number of benzene rings is 2. The molecule has 2 aromatic carbocycles. The number of carbonyl (C=O) groups is 2. The van der Waals surface area contributed by atoms with Crippen molar-refractivity contribution in [1.29, 1.82) is 0 Å². The van der Waals surface area contributed by atoms with Crippen LogP contribution in [0.25, 0.3) is 0 Å². The summed E-state index contributed by atoms with van der Waals surface area (Å²) in [6.45, 7) is 1.46. The Morgan fingerprint density at radius 2 is 1.91 bits per heavy atom. The van der Waals surface area contributed by atoms with Crippen molar-refractivity contribution in [3.05, 3.63) is 75.4 Å². The van der Waals surface area contributed by atoms with E-state index in [2.05, 4.69) is 5.32 Å². The molecule has 2 amide bonds. The van der Waals surface area contributed by atoms with Crippen LogP contribution < -0.4 is 10.2 Å². The first-order valence-electron chi connectivity index (χ1n) is 9.83. The fourth-order valence-electron chi connectivity index (χ4n) is 3.55. The zero-order valence-electron chi connectivity index (χ0n) is 17.6. The zero-order valence-corrected chi connectivity index (χ0v) is 19.2. The van der Waals surface area contributed by atoms with E-state index in [1.807, 2.05) is 0 Å². The van der Waals surface area contributed by atoms with E-state index >= 15 is 0 Å². The second-order valence-electron chi connectivity index (χ2n) is 7.66. The summed E-state index contributed by atoms with van der Waals surface area (Å²) in [4.78, 5) is 25.9. The first-order valence-corrected chi connectivity index (χ1v) is 12.2. The van der Waals surface area contributed by atoms with E-state index in [1.165, 1.54) is 25.1 Å². The molecule has 11 heteroatoms. The first-order chi connectivity index (χ1) is 15.4. The first kappa shape index (κ1) is 24.8. The van der Waals surface area contributed by atoms with Crippen LogP contribution in [-0.4, -0.2) is 32.5 Å². The number of halogens is 4. The summed E-state index contributed by atoms with van der Waals surface area (Å²) in [5.41, 5.74) is -0.764. The molecule has 1 unspecified atom stereocenters. The molecule has 1 heterocycles. The Kier molecular flexibility index (Phi) is 7.18. The SMILES string of the molecule is C[C@H](/C=C/S(C)(=O)=O)NC(=O)c1cc(F)c(N2C(=O)CCC2c2cccc(F)c2Cl)cc1F. The number of nitrogens with zero attached hydrogens (tertiary/aromatic N) is 1. The standard InChI is InChI=1S/C22H20ClF3N2O4S/c1-12(8-9-33(2,31)32)27-22(30)14-10-17(26)19(11-16(14)25)28-18(6-7-20(28)29)13-4-3-5-15(24)21(13)23/h3-5,8-12,18H,6-7H2,1-2H3,(H,27,30)/b9-8+/t12-,18?/m1/s1. The molecule has 176 valence electrons. The predicted molar refractivity (Wildman–Crippen MR) is 118 cm³/mol. The number of hydrogen-bond donors (Lipinski definition) is 1. The maximum atomic E-state index is 15.0. The van der Waals surface area contributed by atoms with Crippen molar-refractivity contribution in [2.45, 2.75) is 31.8 Å². The highest BCUT2D eigenvalue weighted by Crippen LogP contribution is 2.41. The average Bonchev–Trinajstić information content (AvgIpc) is 3.10. The van der Waals surface area contributed by atoms with Gasteiger partial charge in [0.2, 0.25) is 5.91 Å². The lowest BCUT2D eigenvalue weighted by atomic mass is 10.0. The number of carbonyl (C=O) groups excluding carboxylic acids is 2. The van der Waals surface area contributed by atoms with E-state index in [-0.39, 0.29) is 23.4 Å². The molecule has 0 spiro atoms. The predicted octanol–water partition coefficient (Wildman–Crippen LogP) is 4.30. The van der Waals surface area contributed by atoms with Crippen LogP contribution in [0.5, 0.6) is 0 Å². The summed E-state index contributed by atoms with van der Waals surface area (Å²) >= 11 is 6.04. The Labute approximate surface area is 194 Å². The van der Waals surface area contributed by atoms with Crippen molar-refractivity contribution in [1.82, 2.24) is 5.32 Å². The third-order valence-corrected chi connectivity index (χ3v) is 6.12. The minimum atomic E-state index is -3.43. The number of hydrogen-bond acceptors (Lipinski definition) is 4. The van der Waals surface area contributed by atoms with E-state index in [0.29, 0.717) is 6.07 Å². The molecule has 1 aliphatic heterocycles. The summed E-state index contributed by atoms with van der Waals surface area (Å²) < 4.78 is 66.1. The van der Waals surface area contributed by atoms with Gasteiger partial charge in [-0.2, -0.15) is 0 Å². The Hall–Kier alpha value is -2.85. The lowest BCUT2D eigenvalue weighted by Crippen LogP contribution is -2.32. The van der Waals surface area contributed by atoms with Gasteiger partial charge in [0.1, 0.15) is 17.5 Å². The van der Waals surface area contributed by atoms with Gasteiger partial charge in [-0.25, -0.2) is 21.6 Å². The van der Waals surface area contributed by atoms with Gasteiger partial charge in [-0.15, -0.1) is 0 Å². The normalized spacial score (nSPS) is 17.6. The molecule has 0 aromatic heterocycles. The molecule has 1 fully saturated rings. The number of nitrogens with one attached hydrogen (secondary N) is 1. The number of sulfone groups is 1. The monoisotopic (exact) mass is 500 g/mol. The van der Waals surface area contributed by atoms with Gasteiger partial charge in [0, 0.05) is 30.2 Å². The van der Waals surface area contributed by atoms with Crippen LogP contribution in [0.2, 0.25) is 5.02 Å². The van der Waals surface area contributed by atoms with E-state index in [1.54, 1.807) is 0 Å². The Bertz CT molecular complexity index is 1250. The highest BCUT2D eigenvalue weighted by atomic mass is 35.5. The van der Waals surface area contributed by atoms with Crippen molar-refractivity contribution in [3.63, 3.8) is 0 Å². The average molecular weight is 501 g/mol. The summed E-state index contributed by atoms with van der Waals surface area (Å²) in [6.07, 6.45) is 2.39. The summed E-state index contributed by atoms with van der Waals surface area (Å²) in [5, 5.41) is 3.02. The topological polar surface area (TPSA) is 83.6 Å². The van der Waals surface area contributed by atoms with E-state index in [4.69, 9.17) is 11.6 Å². The maximum absolute atomic E-state index is 15.0. The van der Waals surface area contributed by atoms with Crippen molar-refractivity contribution in [2.75, 3.05) is 11.2 Å². The van der Waals surface area contributed by atoms with Crippen LogP contribution in [-0.2, 0) is 14.6 Å². The third kappa shape index (κ3) is 5.56. The summed E-state index contributed by atoms with van der Waals surface area (Å²) in [5.74, 6) is -4.30. The number of amides is 2. The number of anilines is 1. The molecular weight excluding hydrogens is 481 g/mol. The largest absolute Gasteiger partial charge is 0.346 e. The van der Waals surface area contributed by atoms with Gasteiger partial charge >= 0.3 is 0 Å². The molecular formula is C22H20ClF3N2O4S. The van der Waals surface area contributed by atoms with Crippen LogP contribution >= 0.6 is 11.6 Å². The van der Waals surface area contributed by atoms with Gasteiger partial charge in [0.25, 0.3) is 5.91 Å². The van der Waals surface area contributed by atoms with Gasteiger partial charge in [0.05, 0.1) is 22.3 Å². The van der Waals surface area contributed by atoms with E-state index in [9.17, 15) is 31.2 Å². The molecule has 1 aliphatic rings. The van der Waals surface area contributed by atoms with Gasteiger partial charge in [-0.3, -0.25) is 9.59 Å². The van der Waals surface area contributed by atoms with E-state index in [0.717, 1.165) is 28.7 Å². The Balaban J connectivity index is 1.91. The lowest BCUT2D eigenvalue weighted by Gasteiger charge is -2.27. The fraction of sp³-hybridized carbons (Fsp3) is 0.273. The molecule has 2 aromatic rings. The maximum Gasteiger partial charge on any atom is 0.254 e. The minimum absolute atomic E-state index is 0.0188. The smallest absolute Gasteiger partial charge is 0.254 e. The molecule has 3 rings (SSSR count). The Morgan fingerprint density at radius 3 is 2.58 bits per heavy atom. The van der Waals surface area contributed by atoms with Crippen LogP contribution in [0.4, 0.5) is 18.9 Å². The van der Waals surface area contributed by atoms with Crippen LogP contribution in [0.3, 0.4) is 0 Å². The van der Waals surface area contributed by atoms with Crippen LogP contribution in [0.15, 0.2) is 41.8 Å². The third-order valence-electron chi connectivity index (χ3n) is 5.07. The second-order valence-corrected chi connectivity index (χ2v) is 9.97. The van der Waals surface area contributed by atoms with Gasteiger partial charge in [-0.1, -0.05) is 29.8 Å².